The zero-order chi connectivity index (χ0) is 22.2. The van der Waals surface area contributed by atoms with E-state index < -0.39 is 0 Å². The highest BCUT2D eigenvalue weighted by Crippen LogP contribution is 2.16. The Hall–Kier alpha value is -1.83. The molecule has 0 amide bonds. The van der Waals surface area contributed by atoms with Gasteiger partial charge in [-0.05, 0) is 64.9 Å². The molecule has 7 heteroatoms. The van der Waals surface area contributed by atoms with Crippen LogP contribution in [0.5, 0.6) is 5.75 Å². The van der Waals surface area contributed by atoms with Crippen molar-refractivity contribution < 1.29 is 14.2 Å². The third-order valence-electron chi connectivity index (χ3n) is 4.47. The van der Waals surface area contributed by atoms with Crippen LogP contribution >= 0.6 is 0 Å². The lowest BCUT2D eigenvalue weighted by atomic mass is 10.3. The van der Waals surface area contributed by atoms with Gasteiger partial charge in [0.05, 0.1) is 19.3 Å². The first kappa shape index (κ1) is 26.2. The van der Waals surface area contributed by atoms with Gasteiger partial charge in [0, 0.05) is 45.1 Å². The molecule has 0 spiro atoms. The molecule has 0 aliphatic rings. The van der Waals surface area contributed by atoms with Crippen LogP contribution in [-0.2, 0) is 9.47 Å². The lowest BCUT2D eigenvalue weighted by Gasteiger charge is -2.25. The van der Waals surface area contributed by atoms with Gasteiger partial charge < -0.3 is 24.8 Å². The van der Waals surface area contributed by atoms with E-state index in [4.69, 9.17) is 19.2 Å². The number of ether oxygens (including phenoxy) is 3. The fourth-order valence-electron chi connectivity index (χ4n) is 2.87. The van der Waals surface area contributed by atoms with E-state index in [-0.39, 0.29) is 6.10 Å². The number of hydrogen-bond acceptors (Lipinski definition) is 5. The summed E-state index contributed by atoms with van der Waals surface area (Å²) in [6.07, 6.45) is 1.03. The summed E-state index contributed by atoms with van der Waals surface area (Å²) in [6, 6.07) is 8.50. The Morgan fingerprint density at radius 1 is 1.07 bits per heavy atom. The maximum absolute atomic E-state index is 5.72. The zero-order valence-electron chi connectivity index (χ0n) is 19.7. The Morgan fingerprint density at radius 2 is 1.80 bits per heavy atom. The van der Waals surface area contributed by atoms with Crippen LogP contribution in [0.25, 0.3) is 0 Å². The van der Waals surface area contributed by atoms with Crippen LogP contribution in [0.3, 0.4) is 0 Å². The van der Waals surface area contributed by atoms with Gasteiger partial charge in [-0.1, -0.05) is 6.92 Å². The number of nitrogens with one attached hydrogen (secondary N) is 2. The standard InChI is InChI=1S/C23H42N4O3/c1-7-27(19(2)3)15-14-25-23(24-13-8-16-29-18-17-28-6)26-21-9-11-22(12-10-21)30-20(4)5/h9-12,19-20H,7-8,13-18H2,1-6H3,(H2,24,25,26). The second-order valence-electron chi connectivity index (χ2n) is 7.65. The van der Waals surface area contributed by atoms with Crippen molar-refractivity contribution in [3.63, 3.8) is 0 Å². The number of aliphatic imine (C=N–C) groups is 1. The van der Waals surface area contributed by atoms with Crippen molar-refractivity contribution in [2.45, 2.75) is 53.2 Å². The maximum Gasteiger partial charge on any atom is 0.195 e. The van der Waals surface area contributed by atoms with Gasteiger partial charge in [-0.3, -0.25) is 9.89 Å². The van der Waals surface area contributed by atoms with E-state index in [2.05, 4.69) is 36.3 Å². The number of likely N-dealkylation sites (N-methyl/N-ethyl adjacent to an activating group) is 1. The van der Waals surface area contributed by atoms with E-state index in [1.165, 1.54) is 0 Å². The maximum atomic E-state index is 5.72. The smallest absolute Gasteiger partial charge is 0.195 e. The number of benzene rings is 1. The zero-order valence-corrected chi connectivity index (χ0v) is 19.7. The first-order valence-electron chi connectivity index (χ1n) is 11.1. The van der Waals surface area contributed by atoms with E-state index in [0.717, 1.165) is 43.5 Å². The van der Waals surface area contributed by atoms with Crippen LogP contribution in [0, 0.1) is 0 Å². The minimum absolute atomic E-state index is 0.163. The molecule has 0 saturated heterocycles. The molecular weight excluding hydrogens is 380 g/mol. The minimum atomic E-state index is 0.163. The van der Waals surface area contributed by atoms with Crippen LogP contribution in [0.1, 0.15) is 41.0 Å². The van der Waals surface area contributed by atoms with Gasteiger partial charge in [-0.25, -0.2) is 0 Å². The third-order valence-corrected chi connectivity index (χ3v) is 4.47. The van der Waals surface area contributed by atoms with Gasteiger partial charge in [-0.15, -0.1) is 0 Å². The van der Waals surface area contributed by atoms with Crippen molar-refractivity contribution in [2.75, 3.05) is 58.4 Å². The molecule has 7 nitrogen and oxygen atoms in total. The molecule has 2 N–H and O–H groups in total. The largest absolute Gasteiger partial charge is 0.491 e. The molecule has 0 unspecified atom stereocenters. The SMILES string of the molecule is CCN(CCNC(=NCCCOCCOC)Nc1ccc(OC(C)C)cc1)C(C)C. The molecule has 0 aliphatic carbocycles. The molecule has 1 rings (SSSR count). The first-order chi connectivity index (χ1) is 14.5. The average molecular weight is 423 g/mol. The van der Waals surface area contributed by atoms with Crippen molar-refractivity contribution in [3.05, 3.63) is 24.3 Å². The summed E-state index contributed by atoms with van der Waals surface area (Å²) in [5.74, 6) is 1.65. The molecule has 1 aromatic rings. The molecule has 0 heterocycles. The van der Waals surface area contributed by atoms with Gasteiger partial charge in [0.15, 0.2) is 5.96 Å². The molecule has 0 aliphatic heterocycles. The molecule has 0 radical (unpaired) electrons. The van der Waals surface area contributed by atoms with Crippen molar-refractivity contribution in [1.29, 1.82) is 0 Å². The second-order valence-corrected chi connectivity index (χ2v) is 7.65. The topological polar surface area (TPSA) is 67.4 Å². The molecule has 30 heavy (non-hydrogen) atoms. The van der Waals surface area contributed by atoms with Crippen molar-refractivity contribution in [3.8, 4) is 5.75 Å². The van der Waals surface area contributed by atoms with Crippen molar-refractivity contribution in [1.82, 2.24) is 10.2 Å². The predicted molar refractivity (Wildman–Crippen MR) is 126 cm³/mol. The Morgan fingerprint density at radius 3 is 2.40 bits per heavy atom. The van der Waals surface area contributed by atoms with E-state index in [1.54, 1.807) is 7.11 Å². The average Bonchev–Trinajstić information content (AvgIpc) is 2.71. The van der Waals surface area contributed by atoms with Gasteiger partial charge >= 0.3 is 0 Å². The van der Waals surface area contributed by atoms with E-state index in [0.29, 0.717) is 32.4 Å². The van der Waals surface area contributed by atoms with Crippen molar-refractivity contribution in [2.24, 2.45) is 4.99 Å². The first-order valence-corrected chi connectivity index (χ1v) is 11.1. The monoisotopic (exact) mass is 422 g/mol. The number of hydrogen-bond donors (Lipinski definition) is 2. The molecule has 172 valence electrons. The number of anilines is 1. The summed E-state index contributed by atoms with van der Waals surface area (Å²) in [5, 5.41) is 6.85. The van der Waals surface area contributed by atoms with Gasteiger partial charge in [0.25, 0.3) is 0 Å². The molecule has 0 aromatic heterocycles. The normalized spacial score (nSPS) is 12.1. The molecule has 0 bridgehead atoms. The number of guanidine groups is 1. The number of methoxy groups -OCH3 is 1. The fraction of sp³-hybridized carbons (Fsp3) is 0.696. The van der Waals surface area contributed by atoms with Crippen molar-refractivity contribution >= 4 is 11.6 Å². The Balaban J connectivity index is 2.60. The molecule has 0 atom stereocenters. The summed E-state index contributed by atoms with van der Waals surface area (Å²) >= 11 is 0. The van der Waals surface area contributed by atoms with Crippen LogP contribution in [0.2, 0.25) is 0 Å². The van der Waals surface area contributed by atoms with Crippen LogP contribution in [0.4, 0.5) is 5.69 Å². The molecule has 0 fully saturated rings. The minimum Gasteiger partial charge on any atom is -0.491 e. The summed E-state index contributed by atoms with van der Waals surface area (Å²) in [6.45, 7) is 16.1. The highest BCUT2D eigenvalue weighted by molar-refractivity contribution is 5.93. The molecular formula is C23H42N4O3. The second kappa shape index (κ2) is 15.9. The summed E-state index contributed by atoms with van der Waals surface area (Å²) in [4.78, 5) is 7.13. The predicted octanol–water partition coefficient (Wildman–Crippen LogP) is 3.61. The highest BCUT2D eigenvalue weighted by Gasteiger charge is 2.07. The number of rotatable bonds is 15. The van der Waals surface area contributed by atoms with Crippen LogP contribution in [0.15, 0.2) is 29.3 Å². The summed E-state index contributed by atoms with van der Waals surface area (Å²) < 4.78 is 16.2. The van der Waals surface area contributed by atoms with Gasteiger partial charge in [0.2, 0.25) is 0 Å². The van der Waals surface area contributed by atoms with Gasteiger partial charge in [-0.2, -0.15) is 0 Å². The molecule has 1 aromatic carbocycles. The van der Waals surface area contributed by atoms with Crippen LogP contribution in [-0.4, -0.2) is 76.1 Å². The summed E-state index contributed by atoms with van der Waals surface area (Å²) in [7, 11) is 1.68. The van der Waals surface area contributed by atoms with E-state index in [9.17, 15) is 0 Å². The van der Waals surface area contributed by atoms with E-state index in [1.807, 2.05) is 38.1 Å². The summed E-state index contributed by atoms with van der Waals surface area (Å²) in [5.41, 5.74) is 0.977. The molecule has 0 saturated carbocycles. The quantitative estimate of drug-likeness (QED) is 0.256. The Kier molecular flexibility index (Phi) is 13.9. The van der Waals surface area contributed by atoms with Crippen LogP contribution < -0.4 is 15.4 Å². The highest BCUT2D eigenvalue weighted by atomic mass is 16.5. The lowest BCUT2D eigenvalue weighted by molar-refractivity contribution is 0.0702. The third kappa shape index (κ3) is 12.0. The number of nitrogens with zero attached hydrogens (tertiary/aromatic N) is 2. The lowest BCUT2D eigenvalue weighted by Crippen LogP contribution is -2.40. The Bertz CT molecular complexity index is 576. The van der Waals surface area contributed by atoms with Gasteiger partial charge in [0.1, 0.15) is 5.75 Å². The van der Waals surface area contributed by atoms with E-state index >= 15 is 0 Å². The fourth-order valence-corrected chi connectivity index (χ4v) is 2.87. The Labute approximate surface area is 183 Å².